The Balaban J connectivity index is 2.10. The average molecular weight is 214 g/mol. The van der Waals surface area contributed by atoms with Crippen molar-refractivity contribution >= 4 is 0 Å². The van der Waals surface area contributed by atoms with Gasteiger partial charge in [-0.3, -0.25) is 4.90 Å². The van der Waals surface area contributed by atoms with Crippen molar-refractivity contribution in [2.24, 2.45) is 0 Å². The third-order valence-corrected chi connectivity index (χ3v) is 2.70. The Hall–Kier alpha value is -0.120. The molecule has 0 saturated carbocycles. The minimum absolute atomic E-state index is 0.395. The zero-order valence-corrected chi connectivity index (χ0v) is 10.6. The molecule has 90 valence electrons. The number of ether oxygens (including phenoxy) is 1. The molecule has 15 heavy (non-hydrogen) atoms. The monoisotopic (exact) mass is 214 g/mol. The van der Waals surface area contributed by atoms with E-state index in [0.717, 1.165) is 19.6 Å². The lowest BCUT2D eigenvalue weighted by molar-refractivity contribution is -0.0680. The van der Waals surface area contributed by atoms with Gasteiger partial charge in [0.15, 0.2) is 0 Å². The van der Waals surface area contributed by atoms with E-state index in [-0.39, 0.29) is 0 Å². The largest absolute Gasteiger partial charge is 0.373 e. The zero-order chi connectivity index (χ0) is 11.3. The highest BCUT2D eigenvalue weighted by Gasteiger charge is 2.21. The first-order valence-electron chi connectivity index (χ1n) is 6.19. The molecule has 3 nitrogen and oxygen atoms in total. The lowest BCUT2D eigenvalue weighted by Gasteiger charge is -2.35. The summed E-state index contributed by atoms with van der Waals surface area (Å²) < 4.78 is 5.70. The Kier molecular flexibility index (Phi) is 5.58. The molecule has 0 aromatic rings. The van der Waals surface area contributed by atoms with E-state index in [9.17, 15) is 0 Å². The highest BCUT2D eigenvalue weighted by molar-refractivity contribution is 4.73. The average Bonchev–Trinajstić information content (AvgIpc) is 2.10. The van der Waals surface area contributed by atoms with E-state index < -0.39 is 0 Å². The first-order chi connectivity index (χ1) is 7.08. The van der Waals surface area contributed by atoms with E-state index in [1.807, 2.05) is 0 Å². The Morgan fingerprint density at radius 1 is 1.27 bits per heavy atom. The fourth-order valence-electron chi connectivity index (χ4n) is 2.16. The summed E-state index contributed by atoms with van der Waals surface area (Å²) in [5.74, 6) is 0. The molecule has 0 aromatic heterocycles. The molecule has 1 N–H and O–H groups in total. The Labute approximate surface area is 94.2 Å². The summed E-state index contributed by atoms with van der Waals surface area (Å²) in [6.45, 7) is 13.2. The van der Waals surface area contributed by atoms with Crippen molar-refractivity contribution in [3.8, 4) is 0 Å². The van der Waals surface area contributed by atoms with Crippen LogP contribution in [0.4, 0.5) is 0 Å². The van der Waals surface area contributed by atoms with Gasteiger partial charge in [-0.1, -0.05) is 13.8 Å². The van der Waals surface area contributed by atoms with Gasteiger partial charge < -0.3 is 10.1 Å². The molecule has 1 heterocycles. The predicted octanol–water partition coefficient (Wildman–Crippen LogP) is 1.48. The normalized spacial score (nSPS) is 28.6. The molecule has 3 heteroatoms. The lowest BCUT2D eigenvalue weighted by Crippen LogP contribution is -2.46. The minimum Gasteiger partial charge on any atom is -0.373 e. The SMILES string of the molecule is CC(C)NCCCN1C[C@@H](C)O[C@@H](C)C1. The maximum absolute atomic E-state index is 5.70. The van der Waals surface area contributed by atoms with Crippen LogP contribution in [0.2, 0.25) is 0 Å². The van der Waals surface area contributed by atoms with Crippen molar-refractivity contribution in [2.75, 3.05) is 26.2 Å². The van der Waals surface area contributed by atoms with Crippen LogP contribution in [-0.2, 0) is 4.74 Å². The summed E-state index contributed by atoms with van der Waals surface area (Å²) >= 11 is 0. The van der Waals surface area contributed by atoms with Gasteiger partial charge in [-0.15, -0.1) is 0 Å². The van der Waals surface area contributed by atoms with Crippen LogP contribution >= 0.6 is 0 Å². The fraction of sp³-hybridized carbons (Fsp3) is 1.00. The van der Waals surface area contributed by atoms with Gasteiger partial charge in [0, 0.05) is 19.1 Å². The molecule has 0 radical (unpaired) electrons. The van der Waals surface area contributed by atoms with Crippen LogP contribution in [0.15, 0.2) is 0 Å². The van der Waals surface area contributed by atoms with Gasteiger partial charge in [-0.25, -0.2) is 0 Å². The van der Waals surface area contributed by atoms with E-state index >= 15 is 0 Å². The van der Waals surface area contributed by atoms with Crippen molar-refractivity contribution in [2.45, 2.75) is 52.4 Å². The number of hydrogen-bond acceptors (Lipinski definition) is 3. The van der Waals surface area contributed by atoms with Crippen molar-refractivity contribution in [3.05, 3.63) is 0 Å². The highest BCUT2D eigenvalue weighted by atomic mass is 16.5. The summed E-state index contributed by atoms with van der Waals surface area (Å²) in [5, 5.41) is 3.45. The highest BCUT2D eigenvalue weighted by Crippen LogP contribution is 2.10. The Bertz CT molecular complexity index is 163. The molecule has 0 aromatic carbocycles. The van der Waals surface area contributed by atoms with Gasteiger partial charge in [0.1, 0.15) is 0 Å². The standard InChI is InChI=1S/C12H26N2O/c1-10(2)13-6-5-7-14-8-11(3)15-12(4)9-14/h10-13H,5-9H2,1-4H3/t11-,12+. The number of nitrogens with zero attached hydrogens (tertiary/aromatic N) is 1. The van der Waals surface area contributed by atoms with E-state index in [1.54, 1.807) is 0 Å². The van der Waals surface area contributed by atoms with Gasteiger partial charge in [-0.05, 0) is 33.4 Å². The lowest BCUT2D eigenvalue weighted by atomic mass is 10.2. The van der Waals surface area contributed by atoms with E-state index in [2.05, 4.69) is 37.9 Å². The molecule has 1 aliphatic rings. The van der Waals surface area contributed by atoms with Crippen LogP contribution in [0.1, 0.15) is 34.1 Å². The second-order valence-corrected chi connectivity index (χ2v) is 4.98. The summed E-state index contributed by atoms with van der Waals surface area (Å²) in [5.41, 5.74) is 0. The summed E-state index contributed by atoms with van der Waals surface area (Å²) in [6, 6.07) is 0.604. The van der Waals surface area contributed by atoms with Crippen molar-refractivity contribution in [1.82, 2.24) is 10.2 Å². The molecule has 0 bridgehead atoms. The van der Waals surface area contributed by atoms with Gasteiger partial charge in [0.2, 0.25) is 0 Å². The topological polar surface area (TPSA) is 24.5 Å². The number of nitrogens with one attached hydrogen (secondary N) is 1. The molecule has 0 spiro atoms. The smallest absolute Gasteiger partial charge is 0.0678 e. The van der Waals surface area contributed by atoms with Crippen molar-refractivity contribution in [3.63, 3.8) is 0 Å². The second-order valence-electron chi connectivity index (χ2n) is 4.98. The molecule has 0 amide bonds. The maximum Gasteiger partial charge on any atom is 0.0678 e. The van der Waals surface area contributed by atoms with Gasteiger partial charge in [-0.2, -0.15) is 0 Å². The van der Waals surface area contributed by atoms with Crippen LogP contribution in [0, 0.1) is 0 Å². The molecule has 1 saturated heterocycles. The van der Waals surface area contributed by atoms with Gasteiger partial charge in [0.05, 0.1) is 12.2 Å². The number of morpholine rings is 1. The number of rotatable bonds is 5. The predicted molar refractivity (Wildman–Crippen MR) is 64.2 cm³/mol. The van der Waals surface area contributed by atoms with Crippen LogP contribution in [-0.4, -0.2) is 49.3 Å². The number of hydrogen-bond donors (Lipinski definition) is 1. The molecule has 0 unspecified atom stereocenters. The van der Waals surface area contributed by atoms with Crippen molar-refractivity contribution in [1.29, 1.82) is 0 Å². The zero-order valence-electron chi connectivity index (χ0n) is 10.6. The Morgan fingerprint density at radius 2 is 1.87 bits per heavy atom. The fourth-order valence-corrected chi connectivity index (χ4v) is 2.16. The van der Waals surface area contributed by atoms with Crippen LogP contribution in [0.3, 0.4) is 0 Å². The first kappa shape index (κ1) is 12.9. The molecule has 1 aliphatic heterocycles. The third-order valence-electron chi connectivity index (χ3n) is 2.70. The van der Waals surface area contributed by atoms with Crippen molar-refractivity contribution < 1.29 is 4.74 Å². The van der Waals surface area contributed by atoms with Crippen LogP contribution < -0.4 is 5.32 Å². The van der Waals surface area contributed by atoms with E-state index in [4.69, 9.17) is 4.74 Å². The molecule has 1 fully saturated rings. The molecule has 0 aliphatic carbocycles. The molecule has 1 rings (SSSR count). The van der Waals surface area contributed by atoms with Crippen LogP contribution in [0.5, 0.6) is 0 Å². The quantitative estimate of drug-likeness (QED) is 0.702. The third kappa shape index (κ3) is 5.50. The van der Waals surface area contributed by atoms with Gasteiger partial charge >= 0.3 is 0 Å². The minimum atomic E-state index is 0.395. The Morgan fingerprint density at radius 3 is 2.40 bits per heavy atom. The first-order valence-corrected chi connectivity index (χ1v) is 6.19. The maximum atomic E-state index is 5.70. The van der Waals surface area contributed by atoms with Crippen LogP contribution in [0.25, 0.3) is 0 Å². The molecular formula is C12H26N2O. The summed E-state index contributed by atoms with van der Waals surface area (Å²) in [6.07, 6.45) is 2.02. The van der Waals surface area contributed by atoms with E-state index in [1.165, 1.54) is 13.0 Å². The van der Waals surface area contributed by atoms with Gasteiger partial charge in [0.25, 0.3) is 0 Å². The van der Waals surface area contributed by atoms with E-state index in [0.29, 0.717) is 18.2 Å². The molecular weight excluding hydrogens is 188 g/mol. The summed E-state index contributed by atoms with van der Waals surface area (Å²) in [4.78, 5) is 2.51. The second kappa shape index (κ2) is 6.46. The summed E-state index contributed by atoms with van der Waals surface area (Å²) in [7, 11) is 0. The molecule has 2 atom stereocenters.